The molecule has 2 aliphatic rings. The molecule has 2 N–H and O–H groups in total. The van der Waals surface area contributed by atoms with E-state index in [4.69, 9.17) is 4.74 Å². The summed E-state index contributed by atoms with van der Waals surface area (Å²) in [6.45, 7) is 0.211. The van der Waals surface area contributed by atoms with Crippen molar-refractivity contribution in [3.8, 4) is 5.75 Å². The number of aryl methyl sites for hydroxylation is 1. The van der Waals surface area contributed by atoms with Crippen molar-refractivity contribution in [3.05, 3.63) is 40.3 Å². The molecule has 1 fully saturated rings. The lowest BCUT2D eigenvalue weighted by molar-refractivity contribution is -0.119. The third-order valence-electron chi connectivity index (χ3n) is 6.21. The Labute approximate surface area is 207 Å². The summed E-state index contributed by atoms with van der Waals surface area (Å²) in [7, 11) is -1.27. The number of carbonyl (C=O) groups is 3. The molecule has 1 atom stereocenters. The zero-order valence-corrected chi connectivity index (χ0v) is 21.1. The maximum absolute atomic E-state index is 13.3. The van der Waals surface area contributed by atoms with Crippen LogP contribution in [0.2, 0.25) is 0 Å². The van der Waals surface area contributed by atoms with Gasteiger partial charge in [0.2, 0.25) is 15.9 Å². The summed E-state index contributed by atoms with van der Waals surface area (Å²) in [4.78, 5) is 38.9. The zero-order chi connectivity index (χ0) is 25.2. The lowest BCUT2D eigenvalue weighted by Crippen LogP contribution is -2.43. The molecular weight excluding hydrogens is 494 g/mol. The number of amides is 3. The maximum atomic E-state index is 13.3. The molecule has 4 rings (SSSR count). The fraction of sp³-hybridized carbons (Fsp3) is 0.435. The summed E-state index contributed by atoms with van der Waals surface area (Å²) in [5.41, 5.74) is 1.05. The summed E-state index contributed by atoms with van der Waals surface area (Å²) in [6.07, 6.45) is 3.29. The third kappa shape index (κ3) is 5.04. The Morgan fingerprint density at radius 3 is 2.46 bits per heavy atom. The second-order valence-electron chi connectivity index (χ2n) is 8.30. The highest BCUT2D eigenvalue weighted by Crippen LogP contribution is 2.39. The summed E-state index contributed by atoms with van der Waals surface area (Å²) in [6, 6.07) is 5.09. The number of thiophene rings is 1. The van der Waals surface area contributed by atoms with Gasteiger partial charge < -0.3 is 14.8 Å². The molecule has 0 radical (unpaired) electrons. The molecule has 2 aromatic rings. The van der Waals surface area contributed by atoms with E-state index in [0.29, 0.717) is 30.0 Å². The number of methoxy groups -OCH3 is 2. The first kappa shape index (κ1) is 25.1. The molecule has 12 heteroatoms. The van der Waals surface area contributed by atoms with Crippen LogP contribution in [0, 0.1) is 0 Å². The molecule has 188 valence electrons. The van der Waals surface area contributed by atoms with Gasteiger partial charge in [-0.15, -0.1) is 11.3 Å². The van der Waals surface area contributed by atoms with Crippen LogP contribution in [0.25, 0.3) is 0 Å². The molecule has 3 amide bonds. The van der Waals surface area contributed by atoms with Gasteiger partial charge in [-0.3, -0.25) is 14.9 Å². The highest BCUT2D eigenvalue weighted by atomic mass is 32.2. The molecule has 35 heavy (non-hydrogen) atoms. The van der Waals surface area contributed by atoms with Gasteiger partial charge in [0, 0.05) is 11.4 Å². The van der Waals surface area contributed by atoms with Crippen LogP contribution in [0.5, 0.6) is 5.75 Å². The minimum atomic E-state index is -3.92. The van der Waals surface area contributed by atoms with Crippen LogP contribution >= 0.6 is 11.3 Å². The van der Waals surface area contributed by atoms with E-state index in [1.165, 1.54) is 34.9 Å². The summed E-state index contributed by atoms with van der Waals surface area (Å²) in [5.74, 6) is -0.634. The number of anilines is 1. The number of nitrogens with zero attached hydrogens (tertiary/aromatic N) is 1. The second-order valence-corrected chi connectivity index (χ2v) is 11.3. The maximum Gasteiger partial charge on any atom is 0.413 e. The van der Waals surface area contributed by atoms with E-state index >= 15 is 0 Å². The molecule has 1 aliphatic heterocycles. The molecule has 1 aromatic heterocycles. The second kappa shape index (κ2) is 10.3. The van der Waals surface area contributed by atoms with Crippen molar-refractivity contribution in [3.63, 3.8) is 0 Å². The average molecular weight is 522 g/mol. The smallest absolute Gasteiger partial charge is 0.413 e. The molecule has 10 nitrogen and oxygen atoms in total. The fourth-order valence-corrected chi connectivity index (χ4v) is 7.41. The van der Waals surface area contributed by atoms with Gasteiger partial charge in [-0.1, -0.05) is 0 Å². The van der Waals surface area contributed by atoms with E-state index < -0.39 is 34.0 Å². The number of ether oxygens (including phenoxy) is 2. The quantitative estimate of drug-likeness (QED) is 0.598. The lowest BCUT2D eigenvalue weighted by atomic mass is 9.95. The Morgan fingerprint density at radius 2 is 1.77 bits per heavy atom. The number of sulfonamides is 1. The van der Waals surface area contributed by atoms with Crippen LogP contribution in [0.1, 0.15) is 46.5 Å². The minimum Gasteiger partial charge on any atom is -0.497 e. The molecule has 2 heterocycles. The van der Waals surface area contributed by atoms with Gasteiger partial charge in [-0.05, 0) is 68.4 Å². The van der Waals surface area contributed by atoms with Crippen molar-refractivity contribution >= 4 is 44.3 Å². The van der Waals surface area contributed by atoms with Crippen LogP contribution in [0.4, 0.5) is 9.80 Å². The molecular formula is C23H27N3O7S2. The topological polar surface area (TPSA) is 131 Å². The molecule has 0 spiro atoms. The first-order valence-electron chi connectivity index (χ1n) is 11.3. The van der Waals surface area contributed by atoms with Crippen LogP contribution in [0.15, 0.2) is 29.2 Å². The summed E-state index contributed by atoms with van der Waals surface area (Å²) in [5, 5.41) is 5.28. The monoisotopic (exact) mass is 521 g/mol. The number of carbonyl (C=O) groups excluding carboxylic acids is 3. The molecule has 0 bridgehead atoms. The Bertz CT molecular complexity index is 1240. The van der Waals surface area contributed by atoms with E-state index in [-0.39, 0.29) is 17.0 Å². The van der Waals surface area contributed by atoms with Crippen molar-refractivity contribution < 1.29 is 32.3 Å². The Hall–Kier alpha value is -2.96. The van der Waals surface area contributed by atoms with Crippen molar-refractivity contribution in [2.24, 2.45) is 0 Å². The van der Waals surface area contributed by atoms with E-state index in [0.717, 1.165) is 36.8 Å². The van der Waals surface area contributed by atoms with Crippen molar-refractivity contribution in [2.45, 2.75) is 49.5 Å². The number of alkyl carbamates (subject to hydrolysis) is 1. The fourth-order valence-electron chi connectivity index (χ4n) is 4.47. The van der Waals surface area contributed by atoms with Crippen LogP contribution < -0.4 is 15.4 Å². The zero-order valence-electron chi connectivity index (χ0n) is 19.5. The molecule has 0 saturated carbocycles. The van der Waals surface area contributed by atoms with Crippen molar-refractivity contribution in [1.82, 2.24) is 9.62 Å². The third-order valence-corrected chi connectivity index (χ3v) is 9.34. The molecule has 1 saturated heterocycles. The molecule has 1 aromatic carbocycles. The number of fused-ring (bicyclic) bond motifs is 1. The number of hydrogen-bond donors (Lipinski definition) is 2. The van der Waals surface area contributed by atoms with E-state index in [1.54, 1.807) is 12.1 Å². The van der Waals surface area contributed by atoms with E-state index in [1.807, 2.05) is 0 Å². The number of imide groups is 1. The van der Waals surface area contributed by atoms with Gasteiger partial charge in [0.15, 0.2) is 0 Å². The highest BCUT2D eigenvalue weighted by molar-refractivity contribution is 7.89. The van der Waals surface area contributed by atoms with Crippen molar-refractivity contribution in [1.29, 1.82) is 0 Å². The Balaban J connectivity index is 1.59. The largest absolute Gasteiger partial charge is 0.497 e. The number of nitrogens with one attached hydrogen (secondary N) is 2. The standard InChI is InChI=1S/C23H27N3O7S2/c1-32-14-9-11-15(12-10-14)35(30,31)26-13-5-7-17(26)20(27)24-22-19(21(28)25-23(29)33-2)16-6-3-4-8-18(16)34-22/h9-12,17H,3-8,13H2,1-2H3,(H,24,27)(H,25,28,29). The van der Waals surface area contributed by atoms with Gasteiger partial charge in [0.1, 0.15) is 16.8 Å². The average Bonchev–Trinajstić information content (AvgIpc) is 3.49. The van der Waals surface area contributed by atoms with E-state index in [2.05, 4.69) is 15.4 Å². The van der Waals surface area contributed by atoms with Gasteiger partial charge in [-0.2, -0.15) is 4.31 Å². The van der Waals surface area contributed by atoms with Gasteiger partial charge in [0.05, 0.1) is 24.7 Å². The van der Waals surface area contributed by atoms with E-state index in [9.17, 15) is 22.8 Å². The van der Waals surface area contributed by atoms with Gasteiger partial charge in [-0.25, -0.2) is 13.2 Å². The predicted octanol–water partition coefficient (Wildman–Crippen LogP) is 2.92. The van der Waals surface area contributed by atoms with Crippen LogP contribution in [0.3, 0.4) is 0 Å². The van der Waals surface area contributed by atoms with Gasteiger partial charge >= 0.3 is 6.09 Å². The number of hydrogen-bond acceptors (Lipinski definition) is 8. The summed E-state index contributed by atoms with van der Waals surface area (Å²) < 4.78 is 37.4. The van der Waals surface area contributed by atoms with Crippen molar-refractivity contribution in [2.75, 3.05) is 26.1 Å². The Morgan fingerprint density at radius 1 is 1.06 bits per heavy atom. The number of benzene rings is 1. The number of rotatable bonds is 6. The normalized spacial score (nSPS) is 17.9. The van der Waals surface area contributed by atoms with Crippen LogP contribution in [-0.2, 0) is 32.4 Å². The summed E-state index contributed by atoms with van der Waals surface area (Å²) >= 11 is 1.29. The molecule has 1 aliphatic carbocycles. The first-order valence-corrected chi connectivity index (χ1v) is 13.5. The Kier molecular flexibility index (Phi) is 7.43. The minimum absolute atomic E-state index is 0.0720. The van der Waals surface area contributed by atoms with Crippen LogP contribution in [-0.4, -0.2) is 57.4 Å². The SMILES string of the molecule is COC(=O)NC(=O)c1c(NC(=O)C2CCCN2S(=O)(=O)c2ccc(OC)cc2)sc2c1CCCC2. The lowest BCUT2D eigenvalue weighted by Gasteiger charge is -2.23. The first-order chi connectivity index (χ1) is 16.8. The predicted molar refractivity (Wildman–Crippen MR) is 129 cm³/mol. The molecule has 1 unspecified atom stereocenters. The highest BCUT2D eigenvalue weighted by Gasteiger charge is 2.40. The van der Waals surface area contributed by atoms with Gasteiger partial charge in [0.25, 0.3) is 5.91 Å².